The summed E-state index contributed by atoms with van der Waals surface area (Å²) in [7, 11) is 0. The SMILES string of the molecule is CC1=CC[C@@H]2C(C)(C)C(=O)CC[C@@]2(C)[C@@H]1COc1ccc2ccc(=O)oc2c1. The van der Waals surface area contributed by atoms with Crippen molar-refractivity contribution in [1.29, 1.82) is 0 Å². The summed E-state index contributed by atoms with van der Waals surface area (Å²) in [6.45, 7) is 9.28. The number of carbonyl (C=O) groups is 1. The largest absolute Gasteiger partial charge is 0.493 e. The fourth-order valence-corrected chi connectivity index (χ4v) is 5.48. The Labute approximate surface area is 165 Å². The molecule has 0 N–H and O–H groups in total. The lowest BCUT2D eigenvalue weighted by Gasteiger charge is -2.55. The van der Waals surface area contributed by atoms with Crippen molar-refractivity contribution in [1.82, 2.24) is 0 Å². The van der Waals surface area contributed by atoms with Gasteiger partial charge >= 0.3 is 5.63 Å². The van der Waals surface area contributed by atoms with E-state index in [1.807, 2.05) is 12.1 Å². The summed E-state index contributed by atoms with van der Waals surface area (Å²) in [5.74, 6) is 1.67. The minimum Gasteiger partial charge on any atom is -0.493 e. The smallest absolute Gasteiger partial charge is 0.336 e. The quantitative estimate of drug-likeness (QED) is 0.546. The van der Waals surface area contributed by atoms with Crippen LogP contribution in [0.1, 0.15) is 47.0 Å². The predicted octanol–water partition coefficient (Wildman–Crippen LogP) is 5.15. The summed E-state index contributed by atoms with van der Waals surface area (Å²) < 4.78 is 11.5. The van der Waals surface area contributed by atoms with E-state index in [-0.39, 0.29) is 22.4 Å². The first-order valence-corrected chi connectivity index (χ1v) is 10.1. The van der Waals surface area contributed by atoms with Gasteiger partial charge in [0.2, 0.25) is 0 Å². The Morgan fingerprint density at radius 1 is 1.14 bits per heavy atom. The van der Waals surface area contributed by atoms with Crippen molar-refractivity contribution in [2.45, 2.75) is 47.0 Å². The molecule has 2 aromatic rings. The molecule has 4 heteroatoms. The lowest BCUT2D eigenvalue weighted by Crippen LogP contribution is -2.53. The molecule has 1 aromatic carbocycles. The van der Waals surface area contributed by atoms with E-state index in [2.05, 4.69) is 33.8 Å². The highest BCUT2D eigenvalue weighted by atomic mass is 16.5. The van der Waals surface area contributed by atoms with Crippen LogP contribution in [-0.4, -0.2) is 12.4 Å². The van der Waals surface area contributed by atoms with Gasteiger partial charge in [-0.1, -0.05) is 32.4 Å². The highest BCUT2D eigenvalue weighted by Crippen LogP contribution is 2.58. The van der Waals surface area contributed by atoms with E-state index in [4.69, 9.17) is 9.15 Å². The summed E-state index contributed by atoms with van der Waals surface area (Å²) in [4.78, 5) is 24.0. The van der Waals surface area contributed by atoms with Gasteiger partial charge in [0.15, 0.2) is 0 Å². The first kappa shape index (κ1) is 19.0. The van der Waals surface area contributed by atoms with Gasteiger partial charge in [0, 0.05) is 35.3 Å². The Kier molecular flexibility index (Phi) is 4.48. The van der Waals surface area contributed by atoms with Gasteiger partial charge in [-0.3, -0.25) is 4.79 Å². The van der Waals surface area contributed by atoms with E-state index in [0.29, 0.717) is 36.1 Å². The maximum atomic E-state index is 12.5. The second-order valence-electron chi connectivity index (χ2n) is 9.20. The highest BCUT2D eigenvalue weighted by Gasteiger charge is 2.55. The maximum absolute atomic E-state index is 12.5. The summed E-state index contributed by atoms with van der Waals surface area (Å²) >= 11 is 0. The lowest BCUT2D eigenvalue weighted by atomic mass is 9.48. The second kappa shape index (κ2) is 6.61. The number of rotatable bonds is 3. The monoisotopic (exact) mass is 380 g/mol. The van der Waals surface area contributed by atoms with E-state index in [1.165, 1.54) is 11.6 Å². The number of ketones is 1. The van der Waals surface area contributed by atoms with Crippen molar-refractivity contribution in [2.75, 3.05) is 6.61 Å². The number of allylic oxidation sites excluding steroid dienone is 1. The number of hydrogen-bond donors (Lipinski definition) is 0. The van der Waals surface area contributed by atoms with Crippen LogP contribution in [0, 0.1) is 22.7 Å². The van der Waals surface area contributed by atoms with Crippen molar-refractivity contribution in [3.63, 3.8) is 0 Å². The van der Waals surface area contributed by atoms with E-state index >= 15 is 0 Å². The van der Waals surface area contributed by atoms with Crippen LogP contribution in [0.4, 0.5) is 0 Å². The molecule has 1 saturated carbocycles. The van der Waals surface area contributed by atoms with Gasteiger partial charge in [-0.05, 0) is 49.3 Å². The lowest BCUT2D eigenvalue weighted by molar-refractivity contribution is -0.143. The van der Waals surface area contributed by atoms with Crippen LogP contribution in [0.2, 0.25) is 0 Å². The Morgan fingerprint density at radius 2 is 1.89 bits per heavy atom. The number of carbonyl (C=O) groups excluding carboxylic acids is 1. The maximum Gasteiger partial charge on any atom is 0.336 e. The van der Waals surface area contributed by atoms with Gasteiger partial charge in [-0.25, -0.2) is 4.79 Å². The van der Waals surface area contributed by atoms with E-state index in [9.17, 15) is 9.59 Å². The number of benzene rings is 1. The van der Waals surface area contributed by atoms with E-state index < -0.39 is 0 Å². The molecule has 0 saturated heterocycles. The van der Waals surface area contributed by atoms with Crippen LogP contribution >= 0.6 is 0 Å². The third kappa shape index (κ3) is 2.99. The van der Waals surface area contributed by atoms with Gasteiger partial charge in [-0.2, -0.15) is 0 Å². The third-order valence-electron chi connectivity index (χ3n) is 7.31. The summed E-state index contributed by atoms with van der Waals surface area (Å²) in [6.07, 6.45) is 4.80. The molecule has 0 unspecified atom stereocenters. The van der Waals surface area contributed by atoms with Crippen LogP contribution in [0.25, 0.3) is 11.0 Å². The summed E-state index contributed by atoms with van der Waals surface area (Å²) in [6, 6.07) is 8.78. The molecule has 0 spiro atoms. The number of Topliss-reactive ketones (excluding diaryl/α,β-unsaturated/α-hetero) is 1. The predicted molar refractivity (Wildman–Crippen MR) is 109 cm³/mol. The zero-order chi connectivity index (χ0) is 20.1. The van der Waals surface area contributed by atoms with Crippen LogP contribution in [-0.2, 0) is 4.79 Å². The number of hydrogen-bond acceptors (Lipinski definition) is 4. The molecule has 2 aliphatic carbocycles. The average molecular weight is 380 g/mol. The molecular formula is C24H28O4. The van der Waals surface area contributed by atoms with Crippen molar-refractivity contribution in [3.05, 3.63) is 52.4 Å². The average Bonchev–Trinajstić information content (AvgIpc) is 2.64. The molecule has 4 rings (SSSR count). The van der Waals surface area contributed by atoms with Crippen molar-refractivity contribution < 1.29 is 13.9 Å². The Bertz CT molecular complexity index is 1010. The molecular weight excluding hydrogens is 352 g/mol. The number of fused-ring (bicyclic) bond motifs is 2. The topological polar surface area (TPSA) is 56.5 Å². The molecule has 4 nitrogen and oxygen atoms in total. The van der Waals surface area contributed by atoms with Crippen LogP contribution in [0.15, 0.2) is 51.2 Å². The van der Waals surface area contributed by atoms with Gasteiger partial charge in [-0.15, -0.1) is 0 Å². The molecule has 2 aliphatic rings. The minimum absolute atomic E-state index is 0.0413. The number of ether oxygens (including phenoxy) is 1. The van der Waals surface area contributed by atoms with Gasteiger partial charge in [0.05, 0.1) is 6.61 Å². The second-order valence-corrected chi connectivity index (χ2v) is 9.20. The zero-order valence-corrected chi connectivity index (χ0v) is 17.1. The van der Waals surface area contributed by atoms with Crippen molar-refractivity contribution in [2.24, 2.45) is 22.7 Å². The molecule has 1 heterocycles. The molecule has 1 aromatic heterocycles. The molecule has 28 heavy (non-hydrogen) atoms. The Morgan fingerprint density at radius 3 is 2.68 bits per heavy atom. The fraction of sp³-hybridized carbons (Fsp3) is 0.500. The molecule has 0 radical (unpaired) electrons. The minimum atomic E-state index is -0.361. The van der Waals surface area contributed by atoms with Crippen molar-refractivity contribution in [3.8, 4) is 5.75 Å². The normalized spacial score (nSPS) is 29.3. The third-order valence-corrected chi connectivity index (χ3v) is 7.31. The molecule has 148 valence electrons. The molecule has 0 aliphatic heterocycles. The fourth-order valence-electron chi connectivity index (χ4n) is 5.48. The Balaban J connectivity index is 1.60. The molecule has 0 amide bonds. The first-order chi connectivity index (χ1) is 13.2. The zero-order valence-electron chi connectivity index (χ0n) is 17.1. The first-order valence-electron chi connectivity index (χ1n) is 10.1. The highest BCUT2D eigenvalue weighted by molar-refractivity contribution is 5.85. The van der Waals surface area contributed by atoms with Gasteiger partial charge < -0.3 is 9.15 Å². The Hall–Kier alpha value is -2.36. The standard InChI is InChI=1S/C24H28O4/c1-15-5-9-20-23(2,3)21(25)11-12-24(20,4)18(15)14-27-17-8-6-16-7-10-22(26)28-19(16)13-17/h5-8,10,13,18,20H,9,11-12,14H2,1-4H3/t18-,20-,24+/m1/s1. The van der Waals surface area contributed by atoms with E-state index in [1.54, 1.807) is 12.1 Å². The summed E-state index contributed by atoms with van der Waals surface area (Å²) in [5.41, 5.74) is 1.26. The molecule has 0 bridgehead atoms. The molecule has 3 atom stereocenters. The molecule has 1 fully saturated rings. The van der Waals surface area contributed by atoms with Crippen molar-refractivity contribution >= 4 is 16.8 Å². The van der Waals surface area contributed by atoms with Crippen LogP contribution in [0.5, 0.6) is 5.75 Å². The summed E-state index contributed by atoms with van der Waals surface area (Å²) in [5, 5.41) is 0.875. The van der Waals surface area contributed by atoms with Gasteiger partial charge in [0.25, 0.3) is 0 Å². The van der Waals surface area contributed by atoms with E-state index in [0.717, 1.165) is 18.2 Å². The van der Waals surface area contributed by atoms with Crippen LogP contribution in [0.3, 0.4) is 0 Å². The van der Waals surface area contributed by atoms with Gasteiger partial charge in [0.1, 0.15) is 17.1 Å². The van der Waals surface area contributed by atoms with Crippen LogP contribution < -0.4 is 10.4 Å².